The van der Waals surface area contributed by atoms with Crippen molar-refractivity contribution < 1.29 is 0 Å². The number of aromatic nitrogens is 3. The van der Waals surface area contributed by atoms with E-state index in [-0.39, 0.29) is 12.4 Å². The number of hydrogen-bond donors (Lipinski definition) is 1. The van der Waals surface area contributed by atoms with Gasteiger partial charge in [-0.1, -0.05) is 17.7 Å². The van der Waals surface area contributed by atoms with E-state index < -0.39 is 0 Å². The molecule has 0 unspecified atom stereocenters. The standard InChI is InChI=1S/C14H20N6.ClH/c1-10-6-8-11(9-7-10)15-12-16-13(19(2)3)18-14(17-12)20(4)5;/h6-9H,1-5H3,(H,15,16,17,18);1H. The predicted octanol–water partition coefficient (Wildman–Crippen LogP) is 2.48. The second-order valence-electron chi connectivity index (χ2n) is 5.04. The lowest BCUT2D eigenvalue weighted by Crippen LogP contribution is -2.19. The maximum Gasteiger partial charge on any atom is 0.233 e. The van der Waals surface area contributed by atoms with Gasteiger partial charge in [-0.2, -0.15) is 15.0 Å². The fourth-order valence-corrected chi connectivity index (χ4v) is 1.58. The average molecular weight is 309 g/mol. The molecule has 0 aliphatic rings. The van der Waals surface area contributed by atoms with Gasteiger partial charge in [-0.25, -0.2) is 0 Å². The van der Waals surface area contributed by atoms with Crippen LogP contribution in [-0.2, 0) is 0 Å². The largest absolute Gasteiger partial charge is 0.347 e. The van der Waals surface area contributed by atoms with Crippen molar-refractivity contribution in [1.82, 2.24) is 15.0 Å². The molecule has 0 spiro atoms. The van der Waals surface area contributed by atoms with Gasteiger partial charge < -0.3 is 15.1 Å². The minimum absolute atomic E-state index is 0. The van der Waals surface area contributed by atoms with Gasteiger partial charge in [-0.05, 0) is 19.1 Å². The highest BCUT2D eigenvalue weighted by atomic mass is 35.5. The van der Waals surface area contributed by atoms with Gasteiger partial charge in [0.05, 0.1) is 0 Å². The van der Waals surface area contributed by atoms with Crippen LogP contribution >= 0.6 is 12.4 Å². The van der Waals surface area contributed by atoms with Gasteiger partial charge in [0, 0.05) is 33.9 Å². The summed E-state index contributed by atoms with van der Waals surface area (Å²) in [5, 5.41) is 3.21. The van der Waals surface area contributed by atoms with Crippen LogP contribution < -0.4 is 15.1 Å². The Morgan fingerprint density at radius 3 is 1.71 bits per heavy atom. The normalized spacial score (nSPS) is 9.76. The van der Waals surface area contributed by atoms with E-state index in [1.807, 2.05) is 62.3 Å². The molecule has 21 heavy (non-hydrogen) atoms. The van der Waals surface area contributed by atoms with E-state index in [0.717, 1.165) is 5.69 Å². The first-order valence-corrected chi connectivity index (χ1v) is 6.40. The molecule has 114 valence electrons. The maximum atomic E-state index is 4.40. The summed E-state index contributed by atoms with van der Waals surface area (Å²) in [5.74, 6) is 1.79. The van der Waals surface area contributed by atoms with Crippen molar-refractivity contribution in [2.24, 2.45) is 0 Å². The Balaban J connectivity index is 0.00000220. The highest BCUT2D eigenvalue weighted by molar-refractivity contribution is 5.85. The van der Waals surface area contributed by atoms with E-state index in [4.69, 9.17) is 0 Å². The molecule has 1 N–H and O–H groups in total. The summed E-state index contributed by atoms with van der Waals surface area (Å²) < 4.78 is 0. The first-order valence-electron chi connectivity index (χ1n) is 6.40. The molecule has 0 amide bonds. The number of anilines is 4. The predicted molar refractivity (Wildman–Crippen MR) is 90.2 cm³/mol. The van der Waals surface area contributed by atoms with E-state index >= 15 is 0 Å². The van der Waals surface area contributed by atoms with Crippen molar-refractivity contribution in [3.8, 4) is 0 Å². The topological polar surface area (TPSA) is 57.2 Å². The van der Waals surface area contributed by atoms with Crippen molar-refractivity contribution in [1.29, 1.82) is 0 Å². The number of rotatable bonds is 4. The van der Waals surface area contributed by atoms with Crippen LogP contribution in [-0.4, -0.2) is 43.1 Å². The van der Waals surface area contributed by atoms with Crippen LogP contribution in [0.1, 0.15) is 5.56 Å². The zero-order valence-electron chi connectivity index (χ0n) is 13.0. The van der Waals surface area contributed by atoms with Crippen molar-refractivity contribution in [3.63, 3.8) is 0 Å². The van der Waals surface area contributed by atoms with E-state index in [9.17, 15) is 0 Å². The van der Waals surface area contributed by atoms with Gasteiger partial charge in [0.15, 0.2) is 0 Å². The van der Waals surface area contributed by atoms with Gasteiger partial charge in [0.25, 0.3) is 0 Å². The van der Waals surface area contributed by atoms with Gasteiger partial charge in [-0.3, -0.25) is 0 Å². The van der Waals surface area contributed by atoms with E-state index in [1.54, 1.807) is 0 Å². The maximum absolute atomic E-state index is 4.40. The number of nitrogens with one attached hydrogen (secondary N) is 1. The van der Waals surface area contributed by atoms with Crippen LogP contribution in [0, 0.1) is 6.92 Å². The molecule has 1 heterocycles. The molecule has 1 aromatic heterocycles. The summed E-state index contributed by atoms with van der Waals surface area (Å²) in [4.78, 5) is 16.9. The molecule has 1 aromatic carbocycles. The Labute approximate surface area is 131 Å². The molecule has 0 bridgehead atoms. The Morgan fingerprint density at radius 2 is 1.29 bits per heavy atom. The molecular weight excluding hydrogens is 288 g/mol. The van der Waals surface area contributed by atoms with E-state index in [2.05, 4.69) is 27.2 Å². The molecule has 6 nitrogen and oxygen atoms in total. The third-order valence-electron chi connectivity index (χ3n) is 2.72. The average Bonchev–Trinajstić information content (AvgIpc) is 2.41. The van der Waals surface area contributed by atoms with Crippen molar-refractivity contribution in [2.45, 2.75) is 6.92 Å². The molecule has 0 fully saturated rings. The zero-order chi connectivity index (χ0) is 14.7. The third-order valence-corrected chi connectivity index (χ3v) is 2.72. The fourth-order valence-electron chi connectivity index (χ4n) is 1.58. The lowest BCUT2D eigenvalue weighted by molar-refractivity contribution is 0.920. The summed E-state index contributed by atoms with van der Waals surface area (Å²) in [5.41, 5.74) is 2.17. The lowest BCUT2D eigenvalue weighted by Gasteiger charge is -2.16. The molecule has 0 aliphatic carbocycles. The molecule has 0 saturated carbocycles. The van der Waals surface area contributed by atoms with Gasteiger partial charge in [-0.15, -0.1) is 12.4 Å². The van der Waals surface area contributed by atoms with E-state index in [1.165, 1.54) is 5.56 Å². The third kappa shape index (κ3) is 4.46. The van der Waals surface area contributed by atoms with Crippen LogP contribution in [0.3, 0.4) is 0 Å². The van der Waals surface area contributed by atoms with Crippen molar-refractivity contribution in [2.75, 3.05) is 43.3 Å². The minimum Gasteiger partial charge on any atom is -0.347 e. The van der Waals surface area contributed by atoms with E-state index in [0.29, 0.717) is 17.8 Å². The molecule has 2 rings (SSSR count). The first kappa shape index (κ1) is 17.0. The Hall–Kier alpha value is -2.08. The highest BCUT2D eigenvalue weighted by Crippen LogP contribution is 2.18. The van der Waals surface area contributed by atoms with Crippen molar-refractivity contribution >= 4 is 35.9 Å². The molecule has 2 aromatic rings. The number of aryl methyl sites for hydroxylation is 1. The van der Waals surface area contributed by atoms with Crippen LogP contribution in [0.4, 0.5) is 23.5 Å². The Kier molecular flexibility index (Phi) is 5.72. The van der Waals surface area contributed by atoms with Crippen LogP contribution in [0.25, 0.3) is 0 Å². The van der Waals surface area contributed by atoms with Gasteiger partial charge >= 0.3 is 0 Å². The Morgan fingerprint density at radius 1 is 0.810 bits per heavy atom. The summed E-state index contributed by atoms with van der Waals surface area (Å²) in [6, 6.07) is 8.10. The second kappa shape index (κ2) is 7.08. The molecule has 0 saturated heterocycles. The summed E-state index contributed by atoms with van der Waals surface area (Å²) in [6.45, 7) is 2.06. The number of hydrogen-bond acceptors (Lipinski definition) is 6. The van der Waals surface area contributed by atoms with Crippen LogP contribution in [0.15, 0.2) is 24.3 Å². The first-order chi connectivity index (χ1) is 9.45. The molecule has 0 radical (unpaired) electrons. The zero-order valence-corrected chi connectivity index (χ0v) is 13.8. The monoisotopic (exact) mass is 308 g/mol. The quantitative estimate of drug-likeness (QED) is 0.936. The number of nitrogens with zero attached hydrogens (tertiary/aromatic N) is 5. The number of halogens is 1. The smallest absolute Gasteiger partial charge is 0.233 e. The van der Waals surface area contributed by atoms with Crippen LogP contribution in [0.5, 0.6) is 0 Å². The summed E-state index contributed by atoms with van der Waals surface area (Å²) in [7, 11) is 7.63. The van der Waals surface area contributed by atoms with Gasteiger partial charge in [0.2, 0.25) is 17.8 Å². The second-order valence-corrected chi connectivity index (χ2v) is 5.04. The molecule has 7 heteroatoms. The lowest BCUT2D eigenvalue weighted by atomic mass is 10.2. The minimum atomic E-state index is 0. The van der Waals surface area contributed by atoms with Gasteiger partial charge in [0.1, 0.15) is 0 Å². The van der Waals surface area contributed by atoms with Crippen LogP contribution in [0.2, 0.25) is 0 Å². The van der Waals surface area contributed by atoms with Crippen molar-refractivity contribution in [3.05, 3.63) is 29.8 Å². The summed E-state index contributed by atoms with van der Waals surface area (Å²) in [6.07, 6.45) is 0. The summed E-state index contributed by atoms with van der Waals surface area (Å²) >= 11 is 0. The molecule has 0 aliphatic heterocycles. The Bertz CT molecular complexity index is 556. The fraction of sp³-hybridized carbons (Fsp3) is 0.357. The SMILES string of the molecule is Cc1ccc(Nc2nc(N(C)C)nc(N(C)C)n2)cc1.Cl. The number of benzene rings is 1. The molecular formula is C14H21ClN6. The highest BCUT2D eigenvalue weighted by Gasteiger charge is 2.09. The molecule has 0 atom stereocenters.